The molecule has 0 aliphatic heterocycles. The van der Waals surface area contributed by atoms with Crippen LogP contribution in [0.3, 0.4) is 0 Å². The second kappa shape index (κ2) is 6.13. The molecular formula is C15H15BrFNO2. The summed E-state index contributed by atoms with van der Waals surface area (Å²) in [6.45, 7) is 1.85. The Morgan fingerprint density at radius 3 is 2.65 bits per heavy atom. The van der Waals surface area contributed by atoms with E-state index in [9.17, 15) is 9.50 Å². The average Bonchev–Trinajstić information content (AvgIpc) is 2.41. The van der Waals surface area contributed by atoms with Gasteiger partial charge in [-0.2, -0.15) is 0 Å². The minimum absolute atomic E-state index is 0.0411. The lowest BCUT2D eigenvalue weighted by Gasteiger charge is -2.17. The van der Waals surface area contributed by atoms with Gasteiger partial charge in [0.15, 0.2) is 11.5 Å². The molecule has 0 heterocycles. The highest BCUT2D eigenvalue weighted by molar-refractivity contribution is 9.10. The summed E-state index contributed by atoms with van der Waals surface area (Å²) < 4.78 is 19.6. The van der Waals surface area contributed by atoms with E-state index < -0.39 is 0 Å². The predicted molar refractivity (Wildman–Crippen MR) is 80.8 cm³/mol. The van der Waals surface area contributed by atoms with Gasteiger partial charge in [-0.25, -0.2) is 4.39 Å². The molecule has 1 atom stereocenters. The summed E-state index contributed by atoms with van der Waals surface area (Å²) in [4.78, 5) is 0. The van der Waals surface area contributed by atoms with Crippen molar-refractivity contribution in [2.75, 3.05) is 12.4 Å². The van der Waals surface area contributed by atoms with E-state index in [2.05, 4.69) is 21.2 Å². The molecule has 0 bridgehead atoms. The first-order valence-electron chi connectivity index (χ1n) is 6.09. The Kier molecular flexibility index (Phi) is 4.49. The summed E-state index contributed by atoms with van der Waals surface area (Å²) in [7, 11) is 1.49. The number of hydrogen-bond acceptors (Lipinski definition) is 3. The maximum Gasteiger partial charge on any atom is 0.160 e. The van der Waals surface area contributed by atoms with Crippen molar-refractivity contribution in [2.24, 2.45) is 0 Å². The highest BCUT2D eigenvalue weighted by Crippen LogP contribution is 2.31. The van der Waals surface area contributed by atoms with Gasteiger partial charge >= 0.3 is 0 Å². The molecule has 0 spiro atoms. The highest BCUT2D eigenvalue weighted by atomic mass is 79.9. The molecule has 0 amide bonds. The van der Waals surface area contributed by atoms with Crippen LogP contribution in [-0.4, -0.2) is 12.2 Å². The van der Waals surface area contributed by atoms with Crippen LogP contribution in [0.5, 0.6) is 11.5 Å². The zero-order chi connectivity index (χ0) is 14.7. The number of phenols is 1. The highest BCUT2D eigenvalue weighted by Gasteiger charge is 2.12. The molecule has 106 valence electrons. The maximum absolute atomic E-state index is 13.8. The Bertz CT molecular complexity index is 619. The summed E-state index contributed by atoms with van der Waals surface area (Å²) in [6.07, 6.45) is 0. The zero-order valence-corrected chi connectivity index (χ0v) is 12.7. The Morgan fingerprint density at radius 2 is 2.00 bits per heavy atom. The minimum atomic E-state index is -0.272. The van der Waals surface area contributed by atoms with E-state index >= 15 is 0 Å². The summed E-state index contributed by atoms with van der Waals surface area (Å²) in [5, 5.41) is 12.9. The number of nitrogens with one attached hydrogen (secondary N) is 1. The van der Waals surface area contributed by atoms with E-state index in [0.29, 0.717) is 17.0 Å². The Balaban J connectivity index is 2.21. The number of ether oxygens (including phenoxy) is 1. The fourth-order valence-electron chi connectivity index (χ4n) is 1.95. The van der Waals surface area contributed by atoms with Crippen LogP contribution in [-0.2, 0) is 0 Å². The molecule has 0 aromatic heterocycles. The zero-order valence-electron chi connectivity index (χ0n) is 11.2. The first-order valence-corrected chi connectivity index (χ1v) is 6.89. The van der Waals surface area contributed by atoms with E-state index in [4.69, 9.17) is 4.74 Å². The lowest BCUT2D eigenvalue weighted by atomic mass is 10.1. The van der Waals surface area contributed by atoms with Gasteiger partial charge in [0.05, 0.1) is 13.2 Å². The molecule has 0 aliphatic carbocycles. The molecule has 0 fully saturated rings. The van der Waals surface area contributed by atoms with Gasteiger partial charge in [0.2, 0.25) is 0 Å². The average molecular weight is 340 g/mol. The van der Waals surface area contributed by atoms with Gasteiger partial charge < -0.3 is 15.2 Å². The Hall–Kier alpha value is -1.75. The third kappa shape index (κ3) is 3.22. The molecule has 5 heteroatoms. The number of aromatic hydroxyl groups is 1. The van der Waals surface area contributed by atoms with E-state index in [1.165, 1.54) is 13.2 Å². The standard InChI is InChI=1S/C15H15BrFNO2/c1-9(12-7-10(16)3-5-13(12)17)18-11-4-6-15(20-2)14(19)8-11/h3-9,18-19H,1-2H3. The Morgan fingerprint density at radius 1 is 1.25 bits per heavy atom. The normalized spacial score (nSPS) is 12.0. The van der Waals surface area contributed by atoms with E-state index in [0.717, 1.165) is 4.47 Å². The second-order valence-corrected chi connectivity index (χ2v) is 5.33. The predicted octanol–water partition coefficient (Wildman–Crippen LogP) is 4.48. The third-order valence-electron chi connectivity index (χ3n) is 2.99. The quantitative estimate of drug-likeness (QED) is 0.863. The largest absolute Gasteiger partial charge is 0.504 e. The number of halogens is 2. The molecule has 0 saturated heterocycles. The van der Waals surface area contributed by atoms with E-state index in [1.807, 2.05) is 6.92 Å². The van der Waals surface area contributed by atoms with Gasteiger partial charge in [-0.05, 0) is 37.3 Å². The molecule has 0 aliphatic rings. The Labute approximate surface area is 125 Å². The van der Waals surface area contributed by atoms with Gasteiger partial charge in [0, 0.05) is 21.8 Å². The summed E-state index contributed by atoms with van der Waals surface area (Å²) in [5.41, 5.74) is 1.24. The van der Waals surface area contributed by atoms with Crippen LogP contribution in [0, 0.1) is 5.82 Å². The number of benzene rings is 2. The van der Waals surface area contributed by atoms with Crippen molar-refractivity contribution < 1.29 is 14.2 Å². The molecular weight excluding hydrogens is 325 g/mol. The molecule has 2 N–H and O–H groups in total. The van der Waals surface area contributed by atoms with Gasteiger partial charge in [-0.3, -0.25) is 0 Å². The second-order valence-electron chi connectivity index (χ2n) is 4.42. The fourth-order valence-corrected chi connectivity index (χ4v) is 2.33. The SMILES string of the molecule is COc1ccc(NC(C)c2cc(Br)ccc2F)cc1O. The number of rotatable bonds is 4. The molecule has 2 aromatic carbocycles. The van der Waals surface area contributed by atoms with Crippen molar-refractivity contribution in [3.63, 3.8) is 0 Å². The van der Waals surface area contributed by atoms with Gasteiger partial charge in [0.1, 0.15) is 5.82 Å². The molecule has 0 radical (unpaired) electrons. The summed E-state index contributed by atoms with van der Waals surface area (Å²) >= 11 is 3.33. The number of phenolic OH excluding ortho intramolecular Hbond substituents is 1. The molecule has 1 unspecified atom stereocenters. The number of anilines is 1. The van der Waals surface area contributed by atoms with Gasteiger partial charge in [0.25, 0.3) is 0 Å². The van der Waals surface area contributed by atoms with Crippen molar-refractivity contribution in [1.29, 1.82) is 0 Å². The third-order valence-corrected chi connectivity index (χ3v) is 3.48. The lowest BCUT2D eigenvalue weighted by molar-refractivity contribution is 0.373. The molecule has 0 saturated carbocycles. The van der Waals surface area contributed by atoms with Crippen LogP contribution >= 0.6 is 15.9 Å². The van der Waals surface area contributed by atoms with Crippen molar-refractivity contribution in [3.05, 3.63) is 52.3 Å². The first-order chi connectivity index (χ1) is 9.51. The van der Waals surface area contributed by atoms with Crippen molar-refractivity contribution >= 4 is 21.6 Å². The van der Waals surface area contributed by atoms with Crippen molar-refractivity contribution in [2.45, 2.75) is 13.0 Å². The summed E-state index contributed by atoms with van der Waals surface area (Å²) in [6, 6.07) is 9.54. The van der Waals surface area contributed by atoms with Gasteiger partial charge in [-0.1, -0.05) is 15.9 Å². The van der Waals surface area contributed by atoms with Crippen molar-refractivity contribution in [3.8, 4) is 11.5 Å². The molecule has 2 aromatic rings. The van der Waals surface area contributed by atoms with Crippen LogP contribution in [0.2, 0.25) is 0 Å². The topological polar surface area (TPSA) is 41.5 Å². The lowest BCUT2D eigenvalue weighted by Crippen LogP contribution is -2.08. The monoisotopic (exact) mass is 339 g/mol. The minimum Gasteiger partial charge on any atom is -0.504 e. The summed E-state index contributed by atoms with van der Waals surface area (Å²) in [5.74, 6) is 0.169. The van der Waals surface area contributed by atoms with E-state index in [-0.39, 0.29) is 17.6 Å². The number of hydrogen-bond donors (Lipinski definition) is 2. The molecule has 20 heavy (non-hydrogen) atoms. The van der Waals surface area contributed by atoms with Crippen LogP contribution < -0.4 is 10.1 Å². The maximum atomic E-state index is 13.8. The molecule has 3 nitrogen and oxygen atoms in total. The first kappa shape index (κ1) is 14.7. The van der Waals surface area contributed by atoms with Crippen LogP contribution in [0.15, 0.2) is 40.9 Å². The smallest absolute Gasteiger partial charge is 0.160 e. The molecule has 2 rings (SSSR count). The number of methoxy groups -OCH3 is 1. The van der Waals surface area contributed by atoms with Gasteiger partial charge in [-0.15, -0.1) is 0 Å². The van der Waals surface area contributed by atoms with Crippen LogP contribution in [0.25, 0.3) is 0 Å². The van der Waals surface area contributed by atoms with Crippen LogP contribution in [0.4, 0.5) is 10.1 Å². The van der Waals surface area contributed by atoms with E-state index in [1.54, 1.807) is 30.3 Å². The fraction of sp³-hybridized carbons (Fsp3) is 0.200. The van der Waals surface area contributed by atoms with Crippen LogP contribution in [0.1, 0.15) is 18.5 Å². The van der Waals surface area contributed by atoms with Crippen molar-refractivity contribution in [1.82, 2.24) is 0 Å².